The quantitative estimate of drug-likeness (QED) is 0.888. The normalized spacial score (nSPS) is 10.1. The Labute approximate surface area is 98.8 Å². The summed E-state index contributed by atoms with van der Waals surface area (Å²) in [6, 6.07) is 10.9. The summed E-state index contributed by atoms with van der Waals surface area (Å²) in [6.07, 6.45) is 1.61. The van der Waals surface area contributed by atoms with E-state index in [-0.39, 0.29) is 0 Å². The minimum Gasteiger partial charge on any atom is -0.473 e. The Balaban J connectivity index is 2.05. The molecule has 0 atom stereocenters. The lowest BCUT2D eigenvalue weighted by atomic mass is 10.2. The molecule has 0 spiro atoms. The maximum absolute atomic E-state index is 6.00. The fourth-order valence-electron chi connectivity index (χ4n) is 1.27. The number of rotatable bonds is 3. The second kappa shape index (κ2) is 4.86. The van der Waals surface area contributed by atoms with E-state index in [1.165, 1.54) is 0 Å². The lowest BCUT2D eigenvalue weighted by Crippen LogP contribution is -1.98. The van der Waals surface area contributed by atoms with Crippen molar-refractivity contribution in [3.63, 3.8) is 0 Å². The number of ether oxygens (including phenoxy) is 1. The molecule has 82 valence electrons. The molecule has 1 aromatic carbocycles. The molecule has 2 aromatic rings. The van der Waals surface area contributed by atoms with Gasteiger partial charge in [-0.25, -0.2) is 4.98 Å². The molecule has 0 amide bonds. The van der Waals surface area contributed by atoms with Gasteiger partial charge in [-0.2, -0.15) is 0 Å². The second-order valence-corrected chi connectivity index (χ2v) is 3.71. The summed E-state index contributed by atoms with van der Waals surface area (Å²) in [7, 11) is 0. The average molecular weight is 235 g/mol. The Hall–Kier alpha value is -1.74. The zero-order valence-electron chi connectivity index (χ0n) is 8.56. The molecule has 1 heterocycles. The van der Waals surface area contributed by atoms with E-state index in [9.17, 15) is 0 Å². The van der Waals surface area contributed by atoms with Gasteiger partial charge in [0.15, 0.2) is 0 Å². The molecule has 4 heteroatoms. The third-order valence-corrected chi connectivity index (χ3v) is 2.46. The van der Waals surface area contributed by atoms with Crippen LogP contribution in [0, 0.1) is 0 Å². The zero-order valence-corrected chi connectivity index (χ0v) is 9.32. The van der Waals surface area contributed by atoms with E-state index < -0.39 is 0 Å². The highest BCUT2D eigenvalue weighted by Crippen LogP contribution is 2.18. The Kier molecular flexibility index (Phi) is 3.27. The monoisotopic (exact) mass is 234 g/mol. The van der Waals surface area contributed by atoms with Crippen LogP contribution in [0.3, 0.4) is 0 Å². The van der Waals surface area contributed by atoms with E-state index in [1.54, 1.807) is 18.3 Å². The van der Waals surface area contributed by atoms with Crippen molar-refractivity contribution in [1.29, 1.82) is 0 Å². The lowest BCUT2D eigenvalue weighted by Gasteiger charge is -2.06. The molecule has 0 radical (unpaired) electrons. The van der Waals surface area contributed by atoms with E-state index in [4.69, 9.17) is 22.1 Å². The van der Waals surface area contributed by atoms with Crippen molar-refractivity contribution in [3.05, 3.63) is 53.2 Å². The summed E-state index contributed by atoms with van der Waals surface area (Å²) in [5, 5.41) is 0.686. The van der Waals surface area contributed by atoms with Crippen molar-refractivity contribution in [2.75, 3.05) is 5.73 Å². The number of nitrogens with two attached hydrogens (primary N) is 1. The van der Waals surface area contributed by atoms with Crippen molar-refractivity contribution in [2.45, 2.75) is 6.61 Å². The number of pyridine rings is 1. The van der Waals surface area contributed by atoms with Gasteiger partial charge >= 0.3 is 0 Å². The van der Waals surface area contributed by atoms with Crippen LogP contribution in [0.1, 0.15) is 5.56 Å². The van der Waals surface area contributed by atoms with E-state index >= 15 is 0 Å². The summed E-state index contributed by atoms with van der Waals surface area (Å²) >= 11 is 6.00. The minimum atomic E-state index is 0.385. The average Bonchev–Trinajstić information content (AvgIpc) is 2.28. The maximum Gasteiger partial charge on any atom is 0.215 e. The third-order valence-electron chi connectivity index (χ3n) is 2.09. The van der Waals surface area contributed by atoms with Crippen molar-refractivity contribution in [1.82, 2.24) is 4.98 Å². The summed E-state index contributed by atoms with van der Waals surface area (Å²) in [5.74, 6) is 0.500. The topological polar surface area (TPSA) is 48.1 Å². The molecule has 2 N–H and O–H groups in total. The van der Waals surface area contributed by atoms with Crippen LogP contribution in [0.2, 0.25) is 5.02 Å². The predicted molar refractivity (Wildman–Crippen MR) is 64.4 cm³/mol. The second-order valence-electron chi connectivity index (χ2n) is 3.31. The van der Waals surface area contributed by atoms with Crippen LogP contribution in [0.5, 0.6) is 5.88 Å². The number of halogens is 1. The predicted octanol–water partition coefficient (Wildman–Crippen LogP) is 2.90. The molecule has 0 unspecified atom stereocenters. The van der Waals surface area contributed by atoms with Crippen LogP contribution in [0.25, 0.3) is 0 Å². The molecule has 2 rings (SSSR count). The van der Waals surface area contributed by atoms with Crippen molar-refractivity contribution >= 4 is 17.3 Å². The minimum absolute atomic E-state index is 0.385. The number of nitrogens with zero attached hydrogens (tertiary/aromatic N) is 1. The van der Waals surface area contributed by atoms with Gasteiger partial charge in [0.2, 0.25) is 5.88 Å². The Morgan fingerprint density at radius 2 is 2.06 bits per heavy atom. The molecule has 1 aromatic heterocycles. The standard InChI is InChI=1S/C12H11ClN2O/c13-11-4-2-1-3-9(11)8-16-12-7-10(14)5-6-15-12/h1-7H,8H2,(H2,14,15). The smallest absolute Gasteiger partial charge is 0.215 e. The summed E-state index contributed by atoms with van der Waals surface area (Å²) in [5.41, 5.74) is 7.16. The van der Waals surface area contributed by atoms with Gasteiger partial charge in [-0.3, -0.25) is 0 Å². The number of benzene rings is 1. The van der Waals surface area contributed by atoms with Crippen LogP contribution >= 0.6 is 11.6 Å². The number of nitrogen functional groups attached to an aromatic ring is 1. The molecule has 3 nitrogen and oxygen atoms in total. The first kappa shape index (κ1) is 10.8. The van der Waals surface area contributed by atoms with Gasteiger partial charge in [-0.1, -0.05) is 29.8 Å². The van der Waals surface area contributed by atoms with E-state index in [2.05, 4.69) is 4.98 Å². The highest BCUT2D eigenvalue weighted by atomic mass is 35.5. The summed E-state index contributed by atoms with van der Waals surface area (Å²) in [4.78, 5) is 4.04. The van der Waals surface area contributed by atoms with Gasteiger partial charge in [-0.15, -0.1) is 0 Å². The first-order valence-electron chi connectivity index (χ1n) is 4.83. The fraction of sp³-hybridized carbons (Fsp3) is 0.0833. The number of hydrogen-bond acceptors (Lipinski definition) is 3. The Bertz CT molecular complexity index is 488. The largest absolute Gasteiger partial charge is 0.473 e. The Morgan fingerprint density at radius 3 is 2.81 bits per heavy atom. The van der Waals surface area contributed by atoms with E-state index in [0.29, 0.717) is 23.2 Å². The van der Waals surface area contributed by atoms with Crippen molar-refractivity contribution in [3.8, 4) is 5.88 Å². The zero-order chi connectivity index (χ0) is 11.4. The van der Waals surface area contributed by atoms with Gasteiger partial charge < -0.3 is 10.5 Å². The van der Waals surface area contributed by atoms with Crippen LogP contribution in [-0.2, 0) is 6.61 Å². The maximum atomic E-state index is 6.00. The molecule has 0 fully saturated rings. The molecule has 0 bridgehead atoms. The van der Waals surface area contributed by atoms with Crippen molar-refractivity contribution in [2.24, 2.45) is 0 Å². The SMILES string of the molecule is Nc1ccnc(OCc2ccccc2Cl)c1. The van der Waals surface area contributed by atoms with Gasteiger partial charge in [0.1, 0.15) is 6.61 Å². The molecule has 0 saturated heterocycles. The number of aromatic nitrogens is 1. The molecule has 16 heavy (non-hydrogen) atoms. The number of anilines is 1. The first-order valence-corrected chi connectivity index (χ1v) is 5.21. The van der Waals surface area contributed by atoms with E-state index in [1.807, 2.05) is 24.3 Å². The van der Waals surface area contributed by atoms with Crippen LogP contribution in [0.4, 0.5) is 5.69 Å². The van der Waals surface area contributed by atoms with Gasteiger partial charge in [-0.05, 0) is 12.1 Å². The van der Waals surface area contributed by atoms with Gasteiger partial charge in [0.05, 0.1) is 0 Å². The van der Waals surface area contributed by atoms with E-state index in [0.717, 1.165) is 5.56 Å². The molecule has 0 aliphatic carbocycles. The highest BCUT2D eigenvalue weighted by molar-refractivity contribution is 6.31. The number of hydrogen-bond donors (Lipinski definition) is 1. The fourth-order valence-corrected chi connectivity index (χ4v) is 1.46. The van der Waals surface area contributed by atoms with Gasteiger partial charge in [0, 0.05) is 28.5 Å². The lowest BCUT2D eigenvalue weighted by molar-refractivity contribution is 0.294. The van der Waals surface area contributed by atoms with Crippen LogP contribution < -0.4 is 10.5 Å². The molecule has 0 saturated carbocycles. The van der Waals surface area contributed by atoms with Crippen molar-refractivity contribution < 1.29 is 4.74 Å². The molecule has 0 aliphatic heterocycles. The molecular weight excluding hydrogens is 224 g/mol. The molecular formula is C12H11ClN2O. The summed E-state index contributed by atoms with van der Waals surface area (Å²) in [6.45, 7) is 0.385. The van der Waals surface area contributed by atoms with Crippen LogP contribution in [0.15, 0.2) is 42.6 Å². The van der Waals surface area contributed by atoms with Crippen LogP contribution in [-0.4, -0.2) is 4.98 Å². The Morgan fingerprint density at radius 1 is 1.25 bits per heavy atom. The molecule has 0 aliphatic rings. The third kappa shape index (κ3) is 2.64. The highest BCUT2D eigenvalue weighted by Gasteiger charge is 2.01. The van der Waals surface area contributed by atoms with Gasteiger partial charge in [0.25, 0.3) is 0 Å². The first-order chi connectivity index (χ1) is 7.75. The summed E-state index contributed by atoms with van der Waals surface area (Å²) < 4.78 is 5.48.